The molecule has 0 saturated carbocycles. The molecule has 1 N–H and O–H groups in total. The minimum atomic E-state index is -0.191. The van der Waals surface area contributed by atoms with Crippen molar-refractivity contribution in [2.45, 2.75) is 31.3 Å². The largest absolute Gasteiger partial charge is 0.381 e. The van der Waals surface area contributed by atoms with Crippen molar-refractivity contribution >= 4 is 17.6 Å². The van der Waals surface area contributed by atoms with Gasteiger partial charge in [-0.05, 0) is 37.3 Å². The van der Waals surface area contributed by atoms with Crippen molar-refractivity contribution in [3.8, 4) is 0 Å². The van der Waals surface area contributed by atoms with Crippen molar-refractivity contribution < 1.29 is 19.1 Å². The van der Waals surface area contributed by atoms with Crippen LogP contribution in [0.2, 0.25) is 0 Å². The Labute approximate surface area is 159 Å². The predicted octanol–water partition coefficient (Wildman–Crippen LogP) is 1.56. The summed E-state index contributed by atoms with van der Waals surface area (Å²) < 4.78 is 11.5. The van der Waals surface area contributed by atoms with E-state index in [0.29, 0.717) is 26.2 Å². The Balaban J connectivity index is 1.29. The van der Waals surface area contributed by atoms with Crippen LogP contribution < -0.4 is 10.2 Å². The monoisotopic (exact) mass is 373 g/mol. The van der Waals surface area contributed by atoms with Crippen LogP contribution in [-0.2, 0) is 20.7 Å². The molecule has 146 valence electrons. The number of hydrogen-bond acceptors (Lipinski definition) is 4. The van der Waals surface area contributed by atoms with E-state index in [-0.39, 0.29) is 24.1 Å². The zero-order chi connectivity index (χ0) is 18.7. The van der Waals surface area contributed by atoms with Crippen LogP contribution in [0.15, 0.2) is 24.3 Å². The Kier molecular flexibility index (Phi) is 5.31. The van der Waals surface area contributed by atoms with Gasteiger partial charge in [0.1, 0.15) is 0 Å². The smallest absolute Gasteiger partial charge is 0.317 e. The normalized spacial score (nSPS) is 21.6. The maximum atomic E-state index is 12.6. The first-order valence-electron chi connectivity index (χ1n) is 9.80. The van der Waals surface area contributed by atoms with E-state index in [2.05, 4.69) is 5.32 Å². The van der Waals surface area contributed by atoms with Crippen molar-refractivity contribution in [1.29, 1.82) is 0 Å². The maximum absolute atomic E-state index is 12.6. The van der Waals surface area contributed by atoms with E-state index in [1.165, 1.54) is 5.56 Å². The van der Waals surface area contributed by atoms with Gasteiger partial charge in [-0.1, -0.05) is 18.2 Å². The third kappa shape index (κ3) is 3.94. The molecule has 2 saturated heterocycles. The highest BCUT2D eigenvalue weighted by molar-refractivity contribution is 5.98. The molecule has 3 aliphatic heterocycles. The Morgan fingerprint density at radius 2 is 1.85 bits per heavy atom. The van der Waals surface area contributed by atoms with E-state index in [9.17, 15) is 9.59 Å². The molecule has 1 aromatic rings. The summed E-state index contributed by atoms with van der Waals surface area (Å²) in [6.07, 6.45) is 3.45. The maximum Gasteiger partial charge on any atom is 0.317 e. The van der Waals surface area contributed by atoms with Gasteiger partial charge in [0.15, 0.2) is 0 Å². The van der Waals surface area contributed by atoms with Crippen LogP contribution in [-0.4, -0.2) is 68.4 Å². The number of rotatable bonds is 2. The van der Waals surface area contributed by atoms with Crippen molar-refractivity contribution in [1.82, 2.24) is 10.2 Å². The number of hydrogen-bond donors (Lipinski definition) is 1. The van der Waals surface area contributed by atoms with E-state index in [1.807, 2.05) is 24.3 Å². The second-order valence-electron chi connectivity index (χ2n) is 7.46. The third-order valence-corrected chi connectivity index (χ3v) is 5.88. The summed E-state index contributed by atoms with van der Waals surface area (Å²) in [5.41, 5.74) is 1.99. The molecule has 0 atom stereocenters. The van der Waals surface area contributed by atoms with E-state index in [1.54, 1.807) is 9.80 Å². The number of urea groups is 1. The predicted molar refractivity (Wildman–Crippen MR) is 101 cm³/mol. The molecule has 3 heterocycles. The number of amides is 3. The lowest BCUT2D eigenvalue weighted by Gasteiger charge is -2.35. The molecule has 7 nitrogen and oxygen atoms in total. The van der Waals surface area contributed by atoms with Crippen molar-refractivity contribution in [3.05, 3.63) is 29.8 Å². The minimum absolute atomic E-state index is 0.0174. The van der Waals surface area contributed by atoms with Gasteiger partial charge in [-0.15, -0.1) is 0 Å². The SMILES string of the molecule is O=C(NCC(=O)N1CCc2ccccc21)N1CCOC2(CCOCC2)CC1. The summed E-state index contributed by atoms with van der Waals surface area (Å²) in [7, 11) is 0. The number of fused-ring (bicyclic) bond motifs is 1. The summed E-state index contributed by atoms with van der Waals surface area (Å²) >= 11 is 0. The average Bonchev–Trinajstić information content (AvgIpc) is 3.03. The minimum Gasteiger partial charge on any atom is -0.381 e. The summed E-state index contributed by atoms with van der Waals surface area (Å²) in [5, 5.41) is 2.79. The molecule has 3 amide bonds. The van der Waals surface area contributed by atoms with Crippen LogP contribution in [0, 0.1) is 0 Å². The molecule has 7 heteroatoms. The van der Waals surface area contributed by atoms with Crippen molar-refractivity contribution in [2.24, 2.45) is 0 Å². The molecule has 1 spiro atoms. The van der Waals surface area contributed by atoms with Gasteiger partial charge in [-0.25, -0.2) is 4.79 Å². The molecule has 0 unspecified atom stereocenters. The first-order valence-corrected chi connectivity index (χ1v) is 9.80. The summed E-state index contributed by atoms with van der Waals surface area (Å²) in [6.45, 7) is 3.86. The van der Waals surface area contributed by atoms with Crippen LogP contribution in [0.25, 0.3) is 0 Å². The Bertz CT molecular complexity index is 702. The van der Waals surface area contributed by atoms with Gasteiger partial charge >= 0.3 is 6.03 Å². The summed E-state index contributed by atoms with van der Waals surface area (Å²) in [5.74, 6) is -0.0692. The Morgan fingerprint density at radius 3 is 2.70 bits per heavy atom. The van der Waals surface area contributed by atoms with Crippen LogP contribution in [0.5, 0.6) is 0 Å². The molecule has 0 aliphatic carbocycles. The number of carbonyl (C=O) groups excluding carboxylic acids is 2. The highest BCUT2D eigenvalue weighted by atomic mass is 16.5. The highest BCUT2D eigenvalue weighted by Gasteiger charge is 2.36. The van der Waals surface area contributed by atoms with Gasteiger partial charge < -0.3 is 24.6 Å². The van der Waals surface area contributed by atoms with E-state index >= 15 is 0 Å². The molecule has 0 radical (unpaired) electrons. The number of para-hydroxylation sites is 1. The number of carbonyl (C=O) groups is 2. The Morgan fingerprint density at radius 1 is 1.04 bits per heavy atom. The highest BCUT2D eigenvalue weighted by Crippen LogP contribution is 2.31. The first-order chi connectivity index (χ1) is 13.2. The van der Waals surface area contributed by atoms with E-state index in [0.717, 1.165) is 44.6 Å². The lowest BCUT2D eigenvalue weighted by atomic mass is 9.90. The molecular formula is C20H27N3O4. The van der Waals surface area contributed by atoms with Gasteiger partial charge in [0.2, 0.25) is 5.91 Å². The van der Waals surface area contributed by atoms with Gasteiger partial charge in [0.05, 0.1) is 18.8 Å². The lowest BCUT2D eigenvalue weighted by Crippen LogP contribution is -2.46. The van der Waals surface area contributed by atoms with E-state index < -0.39 is 0 Å². The molecule has 2 fully saturated rings. The van der Waals surface area contributed by atoms with Crippen molar-refractivity contribution in [2.75, 3.05) is 50.9 Å². The molecule has 4 rings (SSSR count). The summed E-state index contributed by atoms with van der Waals surface area (Å²) in [4.78, 5) is 28.6. The third-order valence-electron chi connectivity index (χ3n) is 5.88. The number of nitrogens with zero attached hydrogens (tertiary/aromatic N) is 2. The second kappa shape index (κ2) is 7.86. The first kappa shape index (κ1) is 18.3. The van der Waals surface area contributed by atoms with Gasteiger partial charge in [-0.3, -0.25) is 4.79 Å². The molecule has 0 aromatic heterocycles. The van der Waals surface area contributed by atoms with Crippen LogP contribution in [0.1, 0.15) is 24.8 Å². The number of benzene rings is 1. The topological polar surface area (TPSA) is 71.1 Å². The number of ether oxygens (including phenoxy) is 2. The molecule has 0 bridgehead atoms. The van der Waals surface area contributed by atoms with Gasteiger partial charge in [0.25, 0.3) is 0 Å². The summed E-state index contributed by atoms with van der Waals surface area (Å²) in [6, 6.07) is 7.74. The fourth-order valence-electron chi connectivity index (χ4n) is 4.19. The second-order valence-corrected chi connectivity index (χ2v) is 7.46. The fourth-order valence-corrected chi connectivity index (χ4v) is 4.19. The van der Waals surface area contributed by atoms with Crippen LogP contribution in [0.3, 0.4) is 0 Å². The lowest BCUT2D eigenvalue weighted by molar-refractivity contribution is -0.117. The van der Waals surface area contributed by atoms with Crippen LogP contribution >= 0.6 is 0 Å². The zero-order valence-corrected chi connectivity index (χ0v) is 15.6. The Hall–Kier alpha value is -2.12. The molecular weight excluding hydrogens is 346 g/mol. The molecule has 27 heavy (non-hydrogen) atoms. The quantitative estimate of drug-likeness (QED) is 0.854. The van der Waals surface area contributed by atoms with Crippen molar-refractivity contribution in [3.63, 3.8) is 0 Å². The molecule has 1 aromatic carbocycles. The standard InChI is InChI=1S/C20H27N3O4/c24-18(23-9-5-16-3-1-2-4-17(16)23)15-21-19(25)22-10-6-20(27-14-11-22)7-12-26-13-8-20/h1-4H,5-15H2,(H,21,25). The number of nitrogens with one attached hydrogen (secondary N) is 1. The zero-order valence-electron chi connectivity index (χ0n) is 15.6. The number of anilines is 1. The van der Waals surface area contributed by atoms with E-state index in [4.69, 9.17) is 9.47 Å². The van der Waals surface area contributed by atoms with Gasteiger partial charge in [-0.2, -0.15) is 0 Å². The van der Waals surface area contributed by atoms with Crippen LogP contribution in [0.4, 0.5) is 10.5 Å². The van der Waals surface area contributed by atoms with Gasteiger partial charge in [0, 0.05) is 38.5 Å². The fraction of sp³-hybridized carbons (Fsp3) is 0.600. The average molecular weight is 373 g/mol. The molecule has 3 aliphatic rings.